The molecule has 17 heavy (non-hydrogen) atoms. The van der Waals surface area contributed by atoms with Gasteiger partial charge in [0.2, 0.25) is 0 Å². The SMILES string of the molecule is CC([O-])C(F)(F)C(F)(F)C(F)(F)C(F)(F)F.[Na+]. The molecule has 0 rings (SSSR count). The van der Waals surface area contributed by atoms with Crippen LogP contribution in [0.5, 0.6) is 0 Å². The van der Waals surface area contributed by atoms with Crippen LogP contribution in [0.25, 0.3) is 0 Å². The van der Waals surface area contributed by atoms with E-state index in [2.05, 4.69) is 0 Å². The summed E-state index contributed by atoms with van der Waals surface area (Å²) >= 11 is 0. The van der Waals surface area contributed by atoms with E-state index in [-0.39, 0.29) is 36.5 Å². The van der Waals surface area contributed by atoms with Gasteiger partial charge in [-0.05, 0) is 0 Å². The van der Waals surface area contributed by atoms with Crippen LogP contribution in [0.3, 0.4) is 0 Å². The van der Waals surface area contributed by atoms with Gasteiger partial charge in [0.25, 0.3) is 0 Å². The maximum atomic E-state index is 12.3. The van der Waals surface area contributed by atoms with Crippen LogP contribution in [-0.4, -0.2) is 30.0 Å². The Kier molecular flexibility index (Phi) is 5.94. The third-order valence-corrected chi connectivity index (χ3v) is 1.68. The van der Waals surface area contributed by atoms with Crippen LogP contribution >= 0.6 is 0 Å². The number of hydrogen-bond acceptors (Lipinski definition) is 1. The molecule has 1 unspecified atom stereocenters. The van der Waals surface area contributed by atoms with Crippen LogP contribution in [0.4, 0.5) is 39.5 Å². The molecule has 0 spiro atoms. The van der Waals surface area contributed by atoms with E-state index >= 15 is 0 Å². The molecule has 1 atom stereocenters. The first-order chi connectivity index (χ1) is 6.69. The molecule has 0 N–H and O–H groups in total. The summed E-state index contributed by atoms with van der Waals surface area (Å²) in [7, 11) is 0. The van der Waals surface area contributed by atoms with Crippen molar-refractivity contribution in [3.8, 4) is 0 Å². The van der Waals surface area contributed by atoms with Crippen LogP contribution in [0.15, 0.2) is 0 Å². The van der Waals surface area contributed by atoms with Crippen LogP contribution in [-0.2, 0) is 0 Å². The molecular formula is C6H4F9NaO. The van der Waals surface area contributed by atoms with Gasteiger partial charge in [0, 0.05) is 0 Å². The zero-order valence-corrected chi connectivity index (χ0v) is 10.4. The van der Waals surface area contributed by atoms with Gasteiger partial charge >= 0.3 is 53.5 Å². The van der Waals surface area contributed by atoms with Crippen molar-refractivity contribution in [3.05, 3.63) is 0 Å². The number of halogens is 9. The molecule has 0 aromatic heterocycles. The maximum absolute atomic E-state index is 12.3. The van der Waals surface area contributed by atoms with Crippen LogP contribution < -0.4 is 34.7 Å². The standard InChI is InChI=1S/C6H4F9O.Na/c1-2(16)3(7,8)4(9,10)5(11,12)6(13,14)15;/h2H,1H3;/q-1;+1. The van der Waals surface area contributed by atoms with E-state index in [1.165, 1.54) is 0 Å². The van der Waals surface area contributed by atoms with Crippen LogP contribution in [0.1, 0.15) is 6.92 Å². The molecule has 0 aromatic carbocycles. The largest absolute Gasteiger partial charge is 1.00 e. The predicted octanol–water partition coefficient (Wildman–Crippen LogP) is -0.793. The van der Waals surface area contributed by atoms with E-state index in [4.69, 9.17) is 0 Å². The second-order valence-corrected chi connectivity index (χ2v) is 2.91. The van der Waals surface area contributed by atoms with Gasteiger partial charge in [-0.15, -0.1) is 0 Å². The van der Waals surface area contributed by atoms with Gasteiger partial charge in [-0.25, -0.2) is 8.78 Å². The smallest absolute Gasteiger partial charge is 0.848 e. The minimum Gasteiger partial charge on any atom is -0.848 e. The van der Waals surface area contributed by atoms with Crippen molar-refractivity contribution in [2.75, 3.05) is 0 Å². The Morgan fingerprint density at radius 1 is 0.765 bits per heavy atom. The molecule has 0 fully saturated rings. The van der Waals surface area contributed by atoms with Crippen LogP contribution in [0, 0.1) is 0 Å². The van der Waals surface area contributed by atoms with Crippen molar-refractivity contribution in [2.45, 2.75) is 37.0 Å². The second-order valence-electron chi connectivity index (χ2n) is 2.91. The fraction of sp³-hybridized carbons (Fsp3) is 1.00. The zero-order chi connectivity index (χ0) is 13.6. The quantitative estimate of drug-likeness (QED) is 0.492. The summed E-state index contributed by atoms with van der Waals surface area (Å²) in [4.78, 5) is 0. The van der Waals surface area contributed by atoms with E-state index in [1.807, 2.05) is 0 Å². The Morgan fingerprint density at radius 3 is 1.24 bits per heavy atom. The Hall–Kier alpha value is 0.330. The van der Waals surface area contributed by atoms with Crippen LogP contribution in [0.2, 0.25) is 0 Å². The van der Waals surface area contributed by atoms with E-state index < -0.39 is 30.0 Å². The molecule has 98 valence electrons. The normalized spacial score (nSPS) is 16.4. The molecule has 0 aliphatic heterocycles. The molecule has 11 heteroatoms. The zero-order valence-electron chi connectivity index (χ0n) is 8.39. The molecule has 0 saturated carbocycles. The summed E-state index contributed by atoms with van der Waals surface area (Å²) in [6.07, 6.45) is -10.5. The first-order valence-corrected chi connectivity index (χ1v) is 3.55. The topological polar surface area (TPSA) is 23.1 Å². The third-order valence-electron chi connectivity index (χ3n) is 1.68. The summed E-state index contributed by atoms with van der Waals surface area (Å²) in [5.74, 6) is -19.8. The first kappa shape index (κ1) is 19.7. The van der Waals surface area contributed by atoms with Gasteiger partial charge in [0.1, 0.15) is 0 Å². The van der Waals surface area contributed by atoms with Gasteiger partial charge in [0.05, 0.1) is 0 Å². The van der Waals surface area contributed by atoms with Crippen molar-refractivity contribution >= 4 is 0 Å². The Labute approximate surface area is 111 Å². The summed E-state index contributed by atoms with van der Waals surface area (Å²) in [6, 6.07) is 0. The molecule has 0 aromatic rings. The monoisotopic (exact) mass is 286 g/mol. The maximum Gasteiger partial charge on any atom is 1.00 e. The number of hydrogen-bond donors (Lipinski definition) is 0. The molecule has 0 heterocycles. The molecule has 0 aliphatic carbocycles. The van der Waals surface area contributed by atoms with E-state index in [9.17, 15) is 44.6 Å². The number of alkyl halides is 9. The first-order valence-electron chi connectivity index (χ1n) is 3.55. The summed E-state index contributed by atoms with van der Waals surface area (Å²) in [6.45, 7) is -0.139. The van der Waals surface area contributed by atoms with E-state index in [0.29, 0.717) is 0 Å². The second kappa shape index (κ2) is 5.14. The number of rotatable bonds is 3. The Morgan fingerprint density at radius 2 is 1.06 bits per heavy atom. The summed E-state index contributed by atoms with van der Waals surface area (Å²) in [5, 5.41) is 10.0. The average molecular weight is 286 g/mol. The van der Waals surface area contributed by atoms with E-state index in [0.717, 1.165) is 0 Å². The predicted molar refractivity (Wildman–Crippen MR) is 30.4 cm³/mol. The van der Waals surface area contributed by atoms with Gasteiger partial charge in [-0.1, -0.05) is 13.0 Å². The summed E-state index contributed by atoms with van der Waals surface area (Å²) in [5.41, 5.74) is 0. The van der Waals surface area contributed by atoms with Gasteiger partial charge in [-0.2, -0.15) is 30.7 Å². The molecule has 0 radical (unpaired) electrons. The summed E-state index contributed by atoms with van der Waals surface area (Å²) < 4.78 is 108. The fourth-order valence-corrected chi connectivity index (χ4v) is 0.643. The van der Waals surface area contributed by atoms with Crippen molar-refractivity contribution in [3.63, 3.8) is 0 Å². The van der Waals surface area contributed by atoms with Crippen molar-refractivity contribution < 1.29 is 74.2 Å². The molecule has 0 bridgehead atoms. The molecule has 0 aliphatic rings. The van der Waals surface area contributed by atoms with Gasteiger partial charge in [0.15, 0.2) is 0 Å². The van der Waals surface area contributed by atoms with Crippen molar-refractivity contribution in [1.29, 1.82) is 0 Å². The Bertz CT molecular complexity index is 259. The molecular weight excluding hydrogens is 282 g/mol. The minimum atomic E-state index is -6.98. The minimum absolute atomic E-state index is 0. The average Bonchev–Trinajstić information content (AvgIpc) is 2.00. The molecule has 0 saturated heterocycles. The van der Waals surface area contributed by atoms with E-state index in [1.54, 1.807) is 0 Å². The molecule has 1 nitrogen and oxygen atoms in total. The van der Waals surface area contributed by atoms with Gasteiger partial charge < -0.3 is 5.11 Å². The molecule has 0 amide bonds. The van der Waals surface area contributed by atoms with Crippen molar-refractivity contribution in [2.24, 2.45) is 0 Å². The Balaban J connectivity index is 0. The third kappa shape index (κ3) is 3.02. The fourth-order valence-electron chi connectivity index (χ4n) is 0.643. The van der Waals surface area contributed by atoms with Crippen molar-refractivity contribution in [1.82, 2.24) is 0 Å². The van der Waals surface area contributed by atoms with Gasteiger partial charge in [-0.3, -0.25) is 0 Å².